The van der Waals surface area contributed by atoms with E-state index in [1.807, 2.05) is 35.7 Å². The summed E-state index contributed by atoms with van der Waals surface area (Å²) in [5, 5.41) is 4.83. The summed E-state index contributed by atoms with van der Waals surface area (Å²) in [6.07, 6.45) is -4.18. The minimum Gasteiger partial charge on any atom is -0.302 e. The van der Waals surface area contributed by atoms with Gasteiger partial charge in [0.1, 0.15) is 5.01 Å². The lowest BCUT2D eigenvalue weighted by molar-refractivity contribution is -0.125. The Morgan fingerprint density at radius 3 is 2.56 bits per heavy atom. The summed E-state index contributed by atoms with van der Waals surface area (Å²) in [5.74, 6) is 0. The molecule has 0 amide bonds. The van der Waals surface area contributed by atoms with Crippen LogP contribution < -0.4 is 5.32 Å². The summed E-state index contributed by atoms with van der Waals surface area (Å²) < 4.78 is 35.8. The summed E-state index contributed by atoms with van der Waals surface area (Å²) in [5.41, 5.74) is 1.76. The van der Waals surface area contributed by atoms with E-state index >= 15 is 0 Å². The first kappa shape index (κ1) is 13.0. The minimum absolute atomic E-state index is 0.136. The Bertz CT molecular complexity index is 494. The second-order valence-corrected chi connectivity index (χ2v) is 4.65. The number of alkyl halides is 3. The van der Waals surface area contributed by atoms with E-state index in [-0.39, 0.29) is 6.54 Å². The number of aromatic nitrogens is 1. The highest BCUT2D eigenvalue weighted by Crippen LogP contribution is 2.21. The third kappa shape index (κ3) is 3.82. The van der Waals surface area contributed by atoms with Crippen molar-refractivity contribution in [3.8, 4) is 11.3 Å². The van der Waals surface area contributed by atoms with Gasteiger partial charge in [-0.05, 0) is 0 Å². The summed E-state index contributed by atoms with van der Waals surface area (Å²) >= 11 is 1.35. The maximum Gasteiger partial charge on any atom is 0.401 e. The number of halogens is 3. The Labute approximate surface area is 106 Å². The van der Waals surface area contributed by atoms with Crippen molar-refractivity contribution in [2.45, 2.75) is 12.7 Å². The van der Waals surface area contributed by atoms with Gasteiger partial charge in [0, 0.05) is 17.5 Å². The van der Waals surface area contributed by atoms with Crippen molar-refractivity contribution >= 4 is 11.3 Å². The quantitative estimate of drug-likeness (QED) is 0.922. The molecule has 0 unspecified atom stereocenters. The number of hydrogen-bond acceptors (Lipinski definition) is 3. The standard InChI is InChI=1S/C12H11F3N2S/c13-12(14,15)8-16-6-11-17-10(7-18-11)9-4-2-1-3-5-9/h1-5,7,16H,6,8H2. The molecule has 1 N–H and O–H groups in total. The molecule has 0 atom stereocenters. The summed E-state index contributed by atoms with van der Waals surface area (Å²) in [7, 11) is 0. The molecular weight excluding hydrogens is 261 g/mol. The van der Waals surface area contributed by atoms with E-state index in [1.54, 1.807) is 0 Å². The summed E-state index contributed by atoms with van der Waals surface area (Å²) in [4.78, 5) is 4.29. The van der Waals surface area contributed by atoms with E-state index in [1.165, 1.54) is 11.3 Å². The molecule has 1 heterocycles. The topological polar surface area (TPSA) is 24.9 Å². The van der Waals surface area contributed by atoms with Gasteiger partial charge in [0.25, 0.3) is 0 Å². The van der Waals surface area contributed by atoms with Crippen molar-refractivity contribution in [3.05, 3.63) is 40.7 Å². The van der Waals surface area contributed by atoms with Gasteiger partial charge in [0.2, 0.25) is 0 Å². The van der Waals surface area contributed by atoms with E-state index in [9.17, 15) is 13.2 Å². The van der Waals surface area contributed by atoms with Crippen molar-refractivity contribution in [3.63, 3.8) is 0 Å². The second-order valence-electron chi connectivity index (χ2n) is 3.71. The molecule has 2 aromatic rings. The summed E-state index contributed by atoms with van der Waals surface area (Å²) in [6, 6.07) is 9.54. The Morgan fingerprint density at radius 2 is 1.89 bits per heavy atom. The van der Waals surface area contributed by atoms with Crippen molar-refractivity contribution in [2.24, 2.45) is 0 Å². The van der Waals surface area contributed by atoms with E-state index in [2.05, 4.69) is 10.3 Å². The fourth-order valence-corrected chi connectivity index (χ4v) is 2.22. The fraction of sp³-hybridized carbons (Fsp3) is 0.250. The molecule has 0 fully saturated rings. The van der Waals surface area contributed by atoms with Gasteiger partial charge in [-0.2, -0.15) is 13.2 Å². The second kappa shape index (κ2) is 5.49. The molecule has 1 aromatic carbocycles. The molecule has 2 rings (SSSR count). The third-order valence-electron chi connectivity index (χ3n) is 2.22. The van der Waals surface area contributed by atoms with Crippen molar-refractivity contribution < 1.29 is 13.2 Å². The van der Waals surface area contributed by atoms with Gasteiger partial charge in [0.05, 0.1) is 12.2 Å². The predicted molar refractivity (Wildman–Crippen MR) is 65.3 cm³/mol. The van der Waals surface area contributed by atoms with Crippen LogP contribution in [0.5, 0.6) is 0 Å². The van der Waals surface area contributed by atoms with Gasteiger partial charge in [-0.15, -0.1) is 11.3 Å². The lowest BCUT2D eigenvalue weighted by Gasteiger charge is -2.05. The first-order valence-electron chi connectivity index (χ1n) is 5.32. The van der Waals surface area contributed by atoms with Crippen LogP contribution in [0.3, 0.4) is 0 Å². The average molecular weight is 272 g/mol. The van der Waals surface area contributed by atoms with E-state index in [0.29, 0.717) is 5.01 Å². The molecule has 96 valence electrons. The third-order valence-corrected chi connectivity index (χ3v) is 3.07. The lowest BCUT2D eigenvalue weighted by Crippen LogP contribution is -2.28. The molecule has 6 heteroatoms. The predicted octanol–water partition coefficient (Wildman–Crippen LogP) is 3.46. The van der Waals surface area contributed by atoms with Crippen molar-refractivity contribution in [1.29, 1.82) is 0 Å². The SMILES string of the molecule is FC(F)(F)CNCc1nc(-c2ccccc2)cs1. The van der Waals surface area contributed by atoms with Gasteiger partial charge < -0.3 is 5.32 Å². The van der Waals surface area contributed by atoms with E-state index in [4.69, 9.17) is 0 Å². The Morgan fingerprint density at radius 1 is 1.17 bits per heavy atom. The van der Waals surface area contributed by atoms with Gasteiger partial charge in [0.15, 0.2) is 0 Å². The zero-order valence-electron chi connectivity index (χ0n) is 9.37. The molecule has 1 aromatic heterocycles. The Kier molecular flexibility index (Phi) is 3.98. The largest absolute Gasteiger partial charge is 0.401 e. The molecule has 18 heavy (non-hydrogen) atoms. The monoisotopic (exact) mass is 272 g/mol. The summed E-state index contributed by atoms with van der Waals surface area (Å²) in [6.45, 7) is -0.857. The van der Waals surface area contributed by atoms with Gasteiger partial charge in [-0.25, -0.2) is 4.98 Å². The van der Waals surface area contributed by atoms with Crippen LogP contribution in [0.15, 0.2) is 35.7 Å². The smallest absolute Gasteiger partial charge is 0.302 e. The van der Waals surface area contributed by atoms with Crippen LogP contribution in [0.2, 0.25) is 0 Å². The molecule has 0 spiro atoms. The normalized spacial score (nSPS) is 11.7. The number of nitrogens with one attached hydrogen (secondary N) is 1. The Hall–Kier alpha value is -1.40. The number of nitrogens with zero attached hydrogens (tertiary/aromatic N) is 1. The molecule has 0 bridgehead atoms. The zero-order valence-corrected chi connectivity index (χ0v) is 10.2. The number of thiazole rings is 1. The molecule has 2 nitrogen and oxygen atoms in total. The highest BCUT2D eigenvalue weighted by molar-refractivity contribution is 7.09. The van der Waals surface area contributed by atoms with Gasteiger partial charge in [-0.3, -0.25) is 0 Å². The Balaban J connectivity index is 1.95. The van der Waals surface area contributed by atoms with Crippen molar-refractivity contribution in [1.82, 2.24) is 10.3 Å². The molecule has 0 aliphatic carbocycles. The maximum atomic E-state index is 11.9. The maximum absolute atomic E-state index is 11.9. The average Bonchev–Trinajstić information content (AvgIpc) is 2.77. The van der Waals surface area contributed by atoms with E-state index in [0.717, 1.165) is 11.3 Å². The van der Waals surface area contributed by atoms with Gasteiger partial charge in [-0.1, -0.05) is 30.3 Å². The lowest BCUT2D eigenvalue weighted by atomic mass is 10.2. The highest BCUT2D eigenvalue weighted by atomic mass is 32.1. The highest BCUT2D eigenvalue weighted by Gasteiger charge is 2.26. The molecule has 0 saturated carbocycles. The van der Waals surface area contributed by atoms with Crippen LogP contribution in [-0.2, 0) is 6.54 Å². The van der Waals surface area contributed by atoms with E-state index < -0.39 is 12.7 Å². The first-order chi connectivity index (χ1) is 8.54. The molecule has 0 saturated heterocycles. The van der Waals surface area contributed by atoms with Crippen LogP contribution in [0.4, 0.5) is 13.2 Å². The number of benzene rings is 1. The van der Waals surface area contributed by atoms with Gasteiger partial charge >= 0.3 is 6.18 Å². The minimum atomic E-state index is -4.18. The number of hydrogen-bond donors (Lipinski definition) is 1. The van der Waals surface area contributed by atoms with Crippen LogP contribution in [0, 0.1) is 0 Å². The number of rotatable bonds is 4. The molecule has 0 radical (unpaired) electrons. The van der Waals surface area contributed by atoms with Crippen LogP contribution >= 0.6 is 11.3 Å². The molecule has 0 aliphatic heterocycles. The van der Waals surface area contributed by atoms with Crippen LogP contribution in [-0.4, -0.2) is 17.7 Å². The zero-order chi connectivity index (χ0) is 13.0. The first-order valence-corrected chi connectivity index (χ1v) is 6.20. The van der Waals surface area contributed by atoms with Crippen LogP contribution in [0.25, 0.3) is 11.3 Å². The van der Waals surface area contributed by atoms with Crippen LogP contribution in [0.1, 0.15) is 5.01 Å². The van der Waals surface area contributed by atoms with Crippen molar-refractivity contribution in [2.75, 3.05) is 6.54 Å². The molecular formula is C12H11F3N2S. The fourth-order valence-electron chi connectivity index (χ4n) is 1.44. The molecule has 0 aliphatic rings.